The molecule has 0 spiro atoms. The highest BCUT2D eigenvalue weighted by Gasteiger charge is 2.05. The van der Waals surface area contributed by atoms with Crippen LogP contribution in [-0.2, 0) is 0 Å². The van der Waals surface area contributed by atoms with Gasteiger partial charge in [0.1, 0.15) is 0 Å². The number of fused-ring (bicyclic) bond motifs is 1. The van der Waals surface area contributed by atoms with Crippen LogP contribution in [0.25, 0.3) is 10.9 Å². The van der Waals surface area contributed by atoms with Crippen molar-refractivity contribution in [2.24, 2.45) is 0 Å². The van der Waals surface area contributed by atoms with E-state index in [9.17, 15) is 5.21 Å². The molecule has 3 N–H and O–H groups in total. The molecule has 0 radical (unpaired) electrons. The summed E-state index contributed by atoms with van der Waals surface area (Å²) >= 11 is 0. The van der Waals surface area contributed by atoms with Gasteiger partial charge in [0.2, 0.25) is 0 Å². The van der Waals surface area contributed by atoms with Crippen LogP contribution < -0.4 is 10.8 Å². The number of hydrogen-bond acceptors (Lipinski definition) is 4. The summed E-state index contributed by atoms with van der Waals surface area (Å²) in [5.41, 5.74) is 9.16. The van der Waals surface area contributed by atoms with Gasteiger partial charge in [-0.15, -0.1) is 0 Å². The lowest BCUT2D eigenvalue weighted by atomic mass is 10.2. The summed E-state index contributed by atoms with van der Waals surface area (Å²) < 4.78 is 0. The first kappa shape index (κ1) is 11.6. The first-order chi connectivity index (χ1) is 9.15. The van der Waals surface area contributed by atoms with E-state index in [1.807, 2.05) is 25.1 Å². The Bertz CT molecular complexity index is 735. The van der Waals surface area contributed by atoms with E-state index in [1.165, 1.54) is 6.20 Å². The maximum atomic E-state index is 12.3. The Morgan fingerprint density at radius 1 is 1.26 bits per heavy atom. The number of aryl methyl sites for hydroxylation is 1. The van der Waals surface area contributed by atoms with Gasteiger partial charge < -0.3 is 21.0 Å². The molecule has 3 rings (SSSR count). The Morgan fingerprint density at radius 3 is 2.89 bits per heavy atom. The Balaban J connectivity index is 2.06. The Kier molecular flexibility index (Phi) is 2.61. The van der Waals surface area contributed by atoms with Crippen molar-refractivity contribution in [1.29, 1.82) is 0 Å². The summed E-state index contributed by atoms with van der Waals surface area (Å²) in [6, 6.07) is 9.09. The lowest BCUT2D eigenvalue weighted by Gasteiger charge is -2.31. The number of H-pyrrole nitrogens is 1. The van der Waals surface area contributed by atoms with E-state index in [4.69, 9.17) is 5.73 Å². The minimum atomic E-state index is 0.356. The number of nitrogens with zero attached hydrogens (tertiary/aromatic N) is 2. The lowest BCUT2D eigenvalue weighted by molar-refractivity contribution is 1.24. The average molecular weight is 253 g/mol. The monoisotopic (exact) mass is 253 g/mol. The molecule has 5 nitrogen and oxygen atoms in total. The summed E-state index contributed by atoms with van der Waals surface area (Å²) in [7, 11) is 0. The molecule has 0 aliphatic heterocycles. The normalized spacial score (nSPS) is 10.8. The standard InChI is InChI=1S/C14H13N4O/c1-9-6-10-7-11(2-3-13(10)17-9)18(19)14-8-16-5-4-12(14)15/h2-8,17H,1H3,(H2,15,16)/q-1. The molecule has 0 bridgehead atoms. The largest absolute Gasteiger partial charge is 0.754 e. The topological polar surface area (TPSA) is 81.0 Å². The molecule has 0 saturated carbocycles. The van der Waals surface area contributed by atoms with Crippen molar-refractivity contribution in [3.05, 3.63) is 53.6 Å². The van der Waals surface area contributed by atoms with E-state index >= 15 is 0 Å². The van der Waals surface area contributed by atoms with Crippen molar-refractivity contribution in [3.63, 3.8) is 0 Å². The van der Waals surface area contributed by atoms with Crippen LogP contribution in [0.15, 0.2) is 42.7 Å². The second-order valence-corrected chi connectivity index (χ2v) is 4.45. The van der Waals surface area contributed by atoms with Gasteiger partial charge in [-0.3, -0.25) is 4.98 Å². The van der Waals surface area contributed by atoms with Gasteiger partial charge in [-0.2, -0.15) is 0 Å². The fourth-order valence-corrected chi connectivity index (χ4v) is 2.10. The first-order valence-electron chi connectivity index (χ1n) is 5.91. The van der Waals surface area contributed by atoms with Crippen LogP contribution in [0.4, 0.5) is 17.1 Å². The fraction of sp³-hybridized carbons (Fsp3) is 0.0714. The Labute approximate surface area is 110 Å². The van der Waals surface area contributed by atoms with E-state index in [1.54, 1.807) is 18.3 Å². The van der Waals surface area contributed by atoms with Gasteiger partial charge in [-0.25, -0.2) is 0 Å². The maximum Gasteiger partial charge on any atom is 0.0723 e. The quantitative estimate of drug-likeness (QED) is 0.687. The van der Waals surface area contributed by atoms with Gasteiger partial charge in [-0.1, -0.05) is 0 Å². The molecule has 5 heteroatoms. The summed E-state index contributed by atoms with van der Waals surface area (Å²) in [6.07, 6.45) is 3.03. The van der Waals surface area contributed by atoms with Crippen molar-refractivity contribution >= 4 is 28.0 Å². The Morgan fingerprint density at radius 2 is 2.11 bits per heavy atom. The average Bonchev–Trinajstić information content (AvgIpc) is 2.77. The van der Waals surface area contributed by atoms with E-state index in [0.717, 1.165) is 21.7 Å². The van der Waals surface area contributed by atoms with Crippen LogP contribution >= 0.6 is 0 Å². The number of hydrogen-bond donors (Lipinski definition) is 2. The molecule has 0 aliphatic rings. The molecule has 1 aromatic carbocycles. The van der Waals surface area contributed by atoms with Gasteiger partial charge >= 0.3 is 0 Å². The molecular weight excluding hydrogens is 240 g/mol. The zero-order valence-corrected chi connectivity index (χ0v) is 10.4. The third kappa shape index (κ3) is 2.00. The van der Waals surface area contributed by atoms with E-state index < -0.39 is 0 Å². The molecule has 0 amide bonds. The summed E-state index contributed by atoms with van der Waals surface area (Å²) in [6.45, 7) is 1.98. The predicted molar refractivity (Wildman–Crippen MR) is 77.2 cm³/mol. The second-order valence-electron chi connectivity index (χ2n) is 4.45. The van der Waals surface area contributed by atoms with Crippen LogP contribution in [-0.4, -0.2) is 9.97 Å². The molecule has 96 valence electrons. The highest BCUT2D eigenvalue weighted by molar-refractivity contribution is 5.86. The van der Waals surface area contributed by atoms with Crippen LogP contribution in [0.3, 0.4) is 0 Å². The van der Waals surface area contributed by atoms with E-state index in [2.05, 4.69) is 9.97 Å². The van der Waals surface area contributed by atoms with Crippen LogP contribution in [0, 0.1) is 12.1 Å². The van der Waals surface area contributed by atoms with Crippen molar-refractivity contribution in [1.82, 2.24) is 9.97 Å². The number of rotatable bonds is 2. The van der Waals surface area contributed by atoms with Crippen molar-refractivity contribution in [2.75, 3.05) is 10.8 Å². The highest BCUT2D eigenvalue weighted by Crippen LogP contribution is 2.30. The Hall–Kier alpha value is -2.53. The maximum absolute atomic E-state index is 12.3. The predicted octanol–water partition coefficient (Wildman–Crippen LogP) is 3.09. The van der Waals surface area contributed by atoms with Crippen molar-refractivity contribution in [3.8, 4) is 0 Å². The molecule has 0 aliphatic carbocycles. The molecule has 2 aromatic heterocycles. The molecule has 0 saturated heterocycles. The van der Waals surface area contributed by atoms with Gasteiger partial charge in [0.05, 0.1) is 17.6 Å². The smallest absolute Gasteiger partial charge is 0.0723 e. The molecule has 0 atom stereocenters. The minimum absolute atomic E-state index is 0.356. The first-order valence-corrected chi connectivity index (χ1v) is 5.91. The molecule has 2 heterocycles. The number of benzene rings is 1. The fourth-order valence-electron chi connectivity index (χ4n) is 2.10. The zero-order chi connectivity index (χ0) is 13.4. The summed E-state index contributed by atoms with van der Waals surface area (Å²) in [4.78, 5) is 7.15. The molecule has 3 aromatic rings. The van der Waals surface area contributed by atoms with Crippen LogP contribution in [0.1, 0.15) is 5.69 Å². The highest BCUT2D eigenvalue weighted by atomic mass is 16.5. The number of aromatic nitrogens is 2. The van der Waals surface area contributed by atoms with Crippen LogP contribution in [0.5, 0.6) is 0 Å². The van der Waals surface area contributed by atoms with Crippen molar-refractivity contribution in [2.45, 2.75) is 6.92 Å². The number of nitrogens with two attached hydrogens (primary N) is 1. The van der Waals surface area contributed by atoms with Gasteiger partial charge in [0, 0.05) is 28.5 Å². The van der Waals surface area contributed by atoms with E-state index in [0.29, 0.717) is 17.1 Å². The number of nitrogens with one attached hydrogen (secondary N) is 1. The molecule has 19 heavy (non-hydrogen) atoms. The number of anilines is 3. The van der Waals surface area contributed by atoms with E-state index in [-0.39, 0.29) is 0 Å². The third-order valence-corrected chi connectivity index (χ3v) is 3.03. The van der Waals surface area contributed by atoms with Gasteiger partial charge in [-0.05, 0) is 37.3 Å². The van der Waals surface area contributed by atoms with Gasteiger partial charge in [0.25, 0.3) is 0 Å². The molecular formula is C14H13N4O-. The zero-order valence-electron chi connectivity index (χ0n) is 10.4. The summed E-state index contributed by atoms with van der Waals surface area (Å²) in [5, 5.41) is 14.1. The van der Waals surface area contributed by atoms with Gasteiger partial charge in [0.15, 0.2) is 0 Å². The SMILES string of the molecule is Cc1cc2cc(N([O-])c3cnccc3N)ccc2[nH]1. The number of nitrogen functional groups attached to an aromatic ring is 1. The molecule has 0 fully saturated rings. The second kappa shape index (κ2) is 4.29. The third-order valence-electron chi connectivity index (χ3n) is 3.03. The number of aromatic amines is 1. The van der Waals surface area contributed by atoms with Crippen molar-refractivity contribution < 1.29 is 0 Å². The molecule has 0 unspecified atom stereocenters. The van der Waals surface area contributed by atoms with Crippen LogP contribution in [0.2, 0.25) is 0 Å². The minimum Gasteiger partial charge on any atom is -0.754 e. The lowest BCUT2D eigenvalue weighted by Crippen LogP contribution is -2.09. The summed E-state index contributed by atoms with van der Waals surface area (Å²) in [5.74, 6) is 0. The number of pyridine rings is 1.